The number of halogens is 3. The molecule has 1 heterocycles. The highest BCUT2D eigenvalue weighted by molar-refractivity contribution is 5.95. The first-order valence-corrected chi connectivity index (χ1v) is 6.16. The van der Waals surface area contributed by atoms with Crippen LogP contribution in [0.15, 0.2) is 0 Å². The molecule has 19 heavy (non-hydrogen) atoms. The third kappa shape index (κ3) is 4.40. The minimum atomic E-state index is -4.24. The van der Waals surface area contributed by atoms with E-state index in [0.717, 1.165) is 0 Å². The molecule has 1 unspecified atom stereocenters. The highest BCUT2D eigenvalue weighted by atomic mass is 19.4. The fourth-order valence-corrected chi connectivity index (χ4v) is 2.21. The molecule has 1 rings (SSSR count). The Morgan fingerprint density at radius 1 is 1.26 bits per heavy atom. The van der Waals surface area contributed by atoms with Gasteiger partial charge in [0, 0.05) is 13.0 Å². The summed E-state index contributed by atoms with van der Waals surface area (Å²) in [6.45, 7) is 5.16. The number of piperazine rings is 1. The molecule has 0 bridgehead atoms. The Labute approximate surface area is 110 Å². The Morgan fingerprint density at radius 3 is 2.32 bits per heavy atom. The van der Waals surface area contributed by atoms with E-state index in [4.69, 9.17) is 0 Å². The van der Waals surface area contributed by atoms with Crippen LogP contribution in [0.4, 0.5) is 13.2 Å². The molecule has 1 N–H and O–H groups in total. The molecule has 0 spiro atoms. The molecule has 1 aliphatic rings. The van der Waals surface area contributed by atoms with Crippen molar-refractivity contribution in [3.63, 3.8) is 0 Å². The predicted molar refractivity (Wildman–Crippen MR) is 63.3 cm³/mol. The summed E-state index contributed by atoms with van der Waals surface area (Å²) in [6, 6.07) is -0.720. The average Bonchev–Trinajstić information content (AvgIpc) is 2.19. The van der Waals surface area contributed by atoms with Crippen LogP contribution in [-0.2, 0) is 9.59 Å². The van der Waals surface area contributed by atoms with Crippen molar-refractivity contribution >= 4 is 11.8 Å². The van der Waals surface area contributed by atoms with Crippen molar-refractivity contribution in [3.8, 4) is 0 Å². The van der Waals surface area contributed by atoms with Gasteiger partial charge in [0.2, 0.25) is 11.8 Å². The van der Waals surface area contributed by atoms with E-state index in [9.17, 15) is 22.8 Å². The number of hydrogen-bond acceptors (Lipinski definition) is 2. The number of rotatable bonds is 3. The fourth-order valence-electron chi connectivity index (χ4n) is 2.21. The van der Waals surface area contributed by atoms with Crippen molar-refractivity contribution < 1.29 is 22.8 Å². The molecule has 1 fully saturated rings. The summed E-state index contributed by atoms with van der Waals surface area (Å²) in [5.41, 5.74) is -0.515. The van der Waals surface area contributed by atoms with Crippen LogP contribution >= 0.6 is 0 Å². The molecular weight excluding hydrogens is 261 g/mol. The molecule has 7 heteroatoms. The first kappa shape index (κ1) is 15.8. The summed E-state index contributed by atoms with van der Waals surface area (Å²) in [5, 5.41) is 2.47. The van der Waals surface area contributed by atoms with Crippen molar-refractivity contribution in [2.24, 2.45) is 5.41 Å². The first-order chi connectivity index (χ1) is 8.52. The Hall–Kier alpha value is -1.27. The molecule has 2 amide bonds. The lowest BCUT2D eigenvalue weighted by Crippen LogP contribution is -2.62. The van der Waals surface area contributed by atoms with E-state index in [1.807, 2.05) is 0 Å². The van der Waals surface area contributed by atoms with E-state index in [-0.39, 0.29) is 31.3 Å². The quantitative estimate of drug-likeness (QED) is 0.855. The zero-order chi connectivity index (χ0) is 14.8. The molecule has 1 aliphatic heterocycles. The monoisotopic (exact) mass is 280 g/mol. The van der Waals surface area contributed by atoms with Crippen molar-refractivity contribution in [1.82, 2.24) is 10.2 Å². The van der Waals surface area contributed by atoms with Gasteiger partial charge in [0.15, 0.2) is 0 Å². The Kier molecular flexibility index (Phi) is 4.47. The SMILES string of the molecule is CC(C)(C)C1C(=O)NCC(=O)N1CCCC(F)(F)F. The van der Waals surface area contributed by atoms with Crippen molar-refractivity contribution in [3.05, 3.63) is 0 Å². The van der Waals surface area contributed by atoms with E-state index in [0.29, 0.717) is 0 Å². The van der Waals surface area contributed by atoms with Gasteiger partial charge in [0.05, 0.1) is 6.54 Å². The molecule has 0 aliphatic carbocycles. The van der Waals surface area contributed by atoms with Gasteiger partial charge in [-0.15, -0.1) is 0 Å². The van der Waals surface area contributed by atoms with Crippen LogP contribution in [-0.4, -0.2) is 42.0 Å². The minimum absolute atomic E-state index is 0.0479. The molecule has 0 radical (unpaired) electrons. The second kappa shape index (κ2) is 5.38. The number of carbonyl (C=O) groups is 2. The highest BCUT2D eigenvalue weighted by Crippen LogP contribution is 2.28. The van der Waals surface area contributed by atoms with Gasteiger partial charge >= 0.3 is 6.18 Å². The fraction of sp³-hybridized carbons (Fsp3) is 0.833. The molecule has 4 nitrogen and oxygen atoms in total. The van der Waals surface area contributed by atoms with Crippen LogP contribution in [0, 0.1) is 5.41 Å². The number of carbonyl (C=O) groups excluding carboxylic acids is 2. The molecule has 0 aromatic carbocycles. The van der Waals surface area contributed by atoms with Gasteiger partial charge in [-0.1, -0.05) is 20.8 Å². The van der Waals surface area contributed by atoms with Crippen LogP contribution in [0.25, 0.3) is 0 Å². The normalized spacial score (nSPS) is 21.6. The highest BCUT2D eigenvalue weighted by Gasteiger charge is 2.42. The van der Waals surface area contributed by atoms with E-state index >= 15 is 0 Å². The lowest BCUT2D eigenvalue weighted by atomic mass is 9.84. The Morgan fingerprint density at radius 2 is 1.84 bits per heavy atom. The van der Waals surface area contributed by atoms with E-state index in [1.54, 1.807) is 20.8 Å². The number of alkyl halides is 3. The number of hydrogen-bond donors (Lipinski definition) is 1. The number of nitrogens with zero attached hydrogens (tertiary/aromatic N) is 1. The molecule has 0 saturated carbocycles. The predicted octanol–water partition coefficient (Wildman–Crippen LogP) is 1.70. The maximum Gasteiger partial charge on any atom is 0.389 e. The van der Waals surface area contributed by atoms with Crippen LogP contribution in [0.5, 0.6) is 0 Å². The minimum Gasteiger partial charge on any atom is -0.345 e. The van der Waals surface area contributed by atoms with Gasteiger partial charge in [-0.2, -0.15) is 13.2 Å². The summed E-state index contributed by atoms with van der Waals surface area (Å²) in [5.74, 6) is -0.638. The van der Waals surface area contributed by atoms with Crippen LogP contribution in [0.1, 0.15) is 33.6 Å². The van der Waals surface area contributed by atoms with Gasteiger partial charge in [0.25, 0.3) is 0 Å². The third-order valence-electron chi connectivity index (χ3n) is 2.97. The van der Waals surface area contributed by atoms with Crippen LogP contribution < -0.4 is 5.32 Å². The van der Waals surface area contributed by atoms with Gasteiger partial charge in [0.1, 0.15) is 6.04 Å². The summed E-state index contributed by atoms with van der Waals surface area (Å²) in [6.07, 6.45) is -5.37. The molecule has 1 atom stereocenters. The topological polar surface area (TPSA) is 49.4 Å². The molecular formula is C12H19F3N2O2. The second-order valence-electron chi connectivity index (χ2n) is 5.79. The summed E-state index contributed by atoms with van der Waals surface area (Å²) < 4.78 is 36.4. The average molecular weight is 280 g/mol. The number of nitrogens with one attached hydrogen (secondary N) is 1. The molecule has 110 valence electrons. The summed E-state index contributed by atoms with van der Waals surface area (Å²) in [4.78, 5) is 24.9. The van der Waals surface area contributed by atoms with Crippen molar-refractivity contribution in [2.45, 2.75) is 45.8 Å². The standard InChI is InChI=1S/C12H19F3N2O2/c1-11(2,3)9-10(19)16-7-8(18)17(9)6-4-5-12(13,14)15/h9H,4-7H2,1-3H3,(H,16,19). The largest absolute Gasteiger partial charge is 0.389 e. The first-order valence-electron chi connectivity index (χ1n) is 6.16. The smallest absolute Gasteiger partial charge is 0.345 e. The second-order valence-corrected chi connectivity index (χ2v) is 5.79. The Bertz CT molecular complexity index is 361. The zero-order valence-corrected chi connectivity index (χ0v) is 11.3. The van der Waals surface area contributed by atoms with Gasteiger partial charge in [-0.05, 0) is 11.8 Å². The zero-order valence-electron chi connectivity index (χ0n) is 11.3. The molecule has 0 aromatic heterocycles. The van der Waals surface area contributed by atoms with E-state index < -0.39 is 24.1 Å². The maximum atomic E-state index is 12.1. The summed E-state index contributed by atoms with van der Waals surface area (Å²) >= 11 is 0. The van der Waals surface area contributed by atoms with Gasteiger partial charge < -0.3 is 10.2 Å². The lowest BCUT2D eigenvalue weighted by molar-refractivity contribution is -0.152. The third-order valence-corrected chi connectivity index (χ3v) is 2.97. The Balaban J connectivity index is 2.74. The van der Waals surface area contributed by atoms with E-state index in [1.165, 1.54) is 4.90 Å². The van der Waals surface area contributed by atoms with Crippen LogP contribution in [0.3, 0.4) is 0 Å². The van der Waals surface area contributed by atoms with E-state index in [2.05, 4.69) is 5.32 Å². The van der Waals surface area contributed by atoms with Crippen molar-refractivity contribution in [2.75, 3.05) is 13.1 Å². The summed E-state index contributed by atoms with van der Waals surface area (Å²) in [7, 11) is 0. The lowest BCUT2D eigenvalue weighted by Gasteiger charge is -2.42. The molecule has 1 saturated heterocycles. The molecule has 0 aromatic rings. The number of amides is 2. The van der Waals surface area contributed by atoms with Crippen LogP contribution in [0.2, 0.25) is 0 Å². The van der Waals surface area contributed by atoms with Gasteiger partial charge in [-0.3, -0.25) is 9.59 Å². The van der Waals surface area contributed by atoms with Gasteiger partial charge in [-0.25, -0.2) is 0 Å². The maximum absolute atomic E-state index is 12.1. The van der Waals surface area contributed by atoms with Crippen molar-refractivity contribution in [1.29, 1.82) is 0 Å².